The van der Waals surface area contributed by atoms with E-state index in [9.17, 15) is 4.79 Å². The maximum absolute atomic E-state index is 11.2. The predicted octanol–water partition coefficient (Wildman–Crippen LogP) is 4.26. The molecular weight excluding hydrogens is 300 g/mol. The Morgan fingerprint density at radius 2 is 1.42 bits per heavy atom. The predicted molar refractivity (Wildman–Crippen MR) is 94.8 cm³/mol. The molecule has 2 aromatic carbocycles. The van der Waals surface area contributed by atoms with E-state index in [0.29, 0.717) is 5.56 Å². The second-order valence-corrected chi connectivity index (χ2v) is 5.10. The fourth-order valence-corrected chi connectivity index (χ4v) is 2.33. The molecule has 0 saturated heterocycles. The SMILES string of the molecule is COC(=O)c1ccc2cccnc2c1.c1ccc2ncccc2c1. The number of hydrogen-bond donors (Lipinski definition) is 0. The molecule has 4 heteroatoms. The monoisotopic (exact) mass is 316 g/mol. The van der Waals surface area contributed by atoms with Crippen molar-refractivity contribution in [3.05, 3.63) is 84.7 Å². The van der Waals surface area contributed by atoms with Gasteiger partial charge < -0.3 is 4.74 Å². The number of hydrogen-bond acceptors (Lipinski definition) is 4. The maximum Gasteiger partial charge on any atom is 0.337 e. The van der Waals surface area contributed by atoms with Gasteiger partial charge >= 0.3 is 5.97 Å². The van der Waals surface area contributed by atoms with Gasteiger partial charge in [0.1, 0.15) is 0 Å². The second kappa shape index (κ2) is 7.33. The molecule has 0 unspecified atom stereocenters. The molecule has 4 aromatic rings. The van der Waals surface area contributed by atoms with Gasteiger partial charge in [-0.3, -0.25) is 9.97 Å². The number of benzene rings is 2. The van der Waals surface area contributed by atoms with Gasteiger partial charge in [0.05, 0.1) is 23.7 Å². The number of carbonyl (C=O) groups is 1. The Morgan fingerprint density at radius 3 is 2.12 bits per heavy atom. The van der Waals surface area contributed by atoms with Crippen molar-refractivity contribution < 1.29 is 9.53 Å². The van der Waals surface area contributed by atoms with E-state index in [-0.39, 0.29) is 5.97 Å². The average Bonchev–Trinajstić information content (AvgIpc) is 2.67. The topological polar surface area (TPSA) is 52.1 Å². The molecule has 0 fully saturated rings. The standard InChI is InChI=1S/C11H9NO2.C9H7N/c1-14-11(13)9-5-4-8-3-2-6-12-10(8)7-9;1-2-6-9-8(4-1)5-3-7-10-9/h2-7H,1H3;1-7H. The minimum atomic E-state index is -0.336. The van der Waals surface area contributed by atoms with Gasteiger partial charge in [-0.1, -0.05) is 36.4 Å². The molecular formula is C20H16N2O2. The summed E-state index contributed by atoms with van der Waals surface area (Å²) in [5, 5.41) is 2.21. The normalized spacial score (nSPS) is 10.0. The zero-order chi connectivity index (χ0) is 16.8. The van der Waals surface area contributed by atoms with E-state index in [1.807, 2.05) is 48.7 Å². The summed E-state index contributed by atoms with van der Waals surface area (Å²) in [7, 11) is 1.37. The van der Waals surface area contributed by atoms with E-state index in [4.69, 9.17) is 0 Å². The van der Waals surface area contributed by atoms with Crippen LogP contribution in [0.15, 0.2) is 79.1 Å². The van der Waals surface area contributed by atoms with Crippen molar-refractivity contribution in [2.75, 3.05) is 7.11 Å². The van der Waals surface area contributed by atoms with Crippen LogP contribution in [-0.2, 0) is 4.74 Å². The van der Waals surface area contributed by atoms with E-state index in [0.717, 1.165) is 16.4 Å². The second-order valence-electron chi connectivity index (χ2n) is 5.10. The van der Waals surface area contributed by atoms with E-state index in [2.05, 4.69) is 26.8 Å². The number of ether oxygens (including phenoxy) is 1. The minimum Gasteiger partial charge on any atom is -0.465 e. The molecule has 118 valence electrons. The molecule has 0 aliphatic carbocycles. The zero-order valence-electron chi connectivity index (χ0n) is 13.2. The molecule has 0 atom stereocenters. The maximum atomic E-state index is 11.2. The van der Waals surface area contributed by atoms with E-state index in [1.54, 1.807) is 18.3 Å². The fourth-order valence-electron chi connectivity index (χ4n) is 2.33. The molecule has 24 heavy (non-hydrogen) atoms. The minimum absolute atomic E-state index is 0.336. The summed E-state index contributed by atoms with van der Waals surface area (Å²) >= 11 is 0. The third-order valence-electron chi connectivity index (χ3n) is 3.54. The third-order valence-corrected chi connectivity index (χ3v) is 3.54. The smallest absolute Gasteiger partial charge is 0.337 e. The highest BCUT2D eigenvalue weighted by molar-refractivity contribution is 5.94. The number of pyridine rings is 2. The van der Waals surface area contributed by atoms with Gasteiger partial charge in [-0.25, -0.2) is 4.79 Å². The number of aromatic nitrogens is 2. The average molecular weight is 316 g/mol. The molecule has 0 aliphatic rings. The highest BCUT2D eigenvalue weighted by Gasteiger charge is 2.05. The molecule has 2 aromatic heterocycles. The lowest BCUT2D eigenvalue weighted by Crippen LogP contribution is -2.00. The quantitative estimate of drug-likeness (QED) is 0.492. The van der Waals surface area contributed by atoms with Gasteiger partial charge in [0.2, 0.25) is 0 Å². The van der Waals surface area contributed by atoms with E-state index < -0.39 is 0 Å². The summed E-state index contributed by atoms with van der Waals surface area (Å²) in [6, 6.07) is 21.2. The van der Waals surface area contributed by atoms with Crippen LogP contribution in [-0.4, -0.2) is 23.0 Å². The molecule has 4 rings (SSSR count). The largest absolute Gasteiger partial charge is 0.465 e. The number of rotatable bonds is 1. The Hall–Kier alpha value is -3.27. The Morgan fingerprint density at radius 1 is 0.792 bits per heavy atom. The Kier molecular flexibility index (Phi) is 4.77. The van der Waals surface area contributed by atoms with Gasteiger partial charge in [-0.05, 0) is 30.3 Å². The lowest BCUT2D eigenvalue weighted by atomic mass is 10.1. The van der Waals surface area contributed by atoms with Crippen LogP contribution in [0, 0.1) is 0 Å². The number of fused-ring (bicyclic) bond motifs is 2. The van der Waals surface area contributed by atoms with Crippen molar-refractivity contribution in [3.63, 3.8) is 0 Å². The van der Waals surface area contributed by atoms with Crippen molar-refractivity contribution >= 4 is 27.8 Å². The van der Waals surface area contributed by atoms with Gasteiger partial charge in [0.15, 0.2) is 0 Å². The molecule has 0 spiro atoms. The Balaban J connectivity index is 0.000000149. The van der Waals surface area contributed by atoms with Gasteiger partial charge in [-0.15, -0.1) is 0 Å². The fraction of sp³-hybridized carbons (Fsp3) is 0.0500. The van der Waals surface area contributed by atoms with Crippen molar-refractivity contribution in [2.24, 2.45) is 0 Å². The third kappa shape index (κ3) is 3.55. The lowest BCUT2D eigenvalue weighted by molar-refractivity contribution is 0.0601. The molecule has 2 heterocycles. The van der Waals surface area contributed by atoms with Crippen LogP contribution in [0.25, 0.3) is 21.8 Å². The highest BCUT2D eigenvalue weighted by Crippen LogP contribution is 2.13. The summed E-state index contributed by atoms with van der Waals surface area (Å²) in [6.45, 7) is 0. The van der Waals surface area contributed by atoms with Crippen molar-refractivity contribution in [1.82, 2.24) is 9.97 Å². The number of carbonyl (C=O) groups excluding carboxylic acids is 1. The van der Waals surface area contributed by atoms with Crippen LogP contribution in [0.3, 0.4) is 0 Å². The summed E-state index contributed by atoms with van der Waals surface area (Å²) in [5.74, 6) is -0.336. The molecule has 0 saturated carbocycles. The van der Waals surface area contributed by atoms with Gasteiger partial charge in [0, 0.05) is 23.2 Å². The first-order valence-electron chi connectivity index (χ1n) is 7.51. The zero-order valence-corrected chi connectivity index (χ0v) is 13.2. The van der Waals surface area contributed by atoms with Crippen molar-refractivity contribution in [1.29, 1.82) is 0 Å². The number of nitrogens with zero attached hydrogens (tertiary/aromatic N) is 2. The van der Waals surface area contributed by atoms with Gasteiger partial charge in [-0.2, -0.15) is 0 Å². The molecule has 0 bridgehead atoms. The van der Waals surface area contributed by atoms with Crippen LogP contribution in [0.2, 0.25) is 0 Å². The number of para-hydroxylation sites is 1. The molecule has 0 aliphatic heterocycles. The van der Waals surface area contributed by atoms with Crippen LogP contribution < -0.4 is 0 Å². The first-order valence-corrected chi connectivity index (χ1v) is 7.51. The molecule has 0 radical (unpaired) electrons. The lowest BCUT2D eigenvalue weighted by Gasteiger charge is -2.00. The Bertz CT molecular complexity index is 918. The van der Waals surface area contributed by atoms with Crippen LogP contribution in [0.4, 0.5) is 0 Å². The Labute approximate surface area is 139 Å². The highest BCUT2D eigenvalue weighted by atomic mass is 16.5. The van der Waals surface area contributed by atoms with Crippen LogP contribution in [0.1, 0.15) is 10.4 Å². The first kappa shape index (κ1) is 15.6. The van der Waals surface area contributed by atoms with Gasteiger partial charge in [0.25, 0.3) is 0 Å². The molecule has 0 amide bonds. The molecule has 0 N–H and O–H groups in total. The summed E-state index contributed by atoms with van der Waals surface area (Å²) in [6.07, 6.45) is 3.51. The summed E-state index contributed by atoms with van der Waals surface area (Å²) in [4.78, 5) is 19.5. The van der Waals surface area contributed by atoms with Crippen molar-refractivity contribution in [3.8, 4) is 0 Å². The number of esters is 1. The number of methoxy groups -OCH3 is 1. The van der Waals surface area contributed by atoms with E-state index in [1.165, 1.54) is 12.5 Å². The van der Waals surface area contributed by atoms with Crippen LogP contribution in [0.5, 0.6) is 0 Å². The first-order chi connectivity index (χ1) is 11.8. The van der Waals surface area contributed by atoms with Crippen molar-refractivity contribution in [2.45, 2.75) is 0 Å². The molecule has 4 nitrogen and oxygen atoms in total. The van der Waals surface area contributed by atoms with Crippen LogP contribution >= 0.6 is 0 Å². The summed E-state index contributed by atoms with van der Waals surface area (Å²) < 4.78 is 4.62. The van der Waals surface area contributed by atoms with E-state index >= 15 is 0 Å². The summed E-state index contributed by atoms with van der Waals surface area (Å²) in [5.41, 5.74) is 2.39.